The van der Waals surface area contributed by atoms with Gasteiger partial charge in [0, 0.05) is 43.4 Å². The average molecular weight is 794 g/mol. The minimum atomic E-state index is -1.15. The number of carbonyl (C=O) groups excluding carboxylic acids is 5. The third-order valence-electron chi connectivity index (χ3n) is 9.66. The maximum atomic E-state index is 14.4. The van der Waals surface area contributed by atoms with E-state index in [0.29, 0.717) is 37.1 Å². The monoisotopic (exact) mass is 793 g/mol. The van der Waals surface area contributed by atoms with Gasteiger partial charge in [0.25, 0.3) is 0 Å². The normalized spacial score (nSPS) is 18.4. The van der Waals surface area contributed by atoms with Crippen LogP contribution in [0, 0.1) is 0 Å². The summed E-state index contributed by atoms with van der Waals surface area (Å²) < 4.78 is 6.78. The number of rotatable bonds is 11. The molecule has 57 heavy (non-hydrogen) atoms. The maximum absolute atomic E-state index is 14.4. The van der Waals surface area contributed by atoms with E-state index in [1.54, 1.807) is 18.3 Å². The highest BCUT2D eigenvalue weighted by atomic mass is 32.1. The molecule has 16 heteroatoms. The van der Waals surface area contributed by atoms with E-state index in [9.17, 15) is 24.0 Å². The van der Waals surface area contributed by atoms with Crippen LogP contribution in [-0.2, 0) is 32.0 Å². The van der Waals surface area contributed by atoms with E-state index in [0.717, 1.165) is 26.7 Å². The fourth-order valence-corrected chi connectivity index (χ4v) is 7.73. The van der Waals surface area contributed by atoms with Crippen molar-refractivity contribution in [3.05, 3.63) is 95.1 Å². The zero-order valence-corrected chi connectivity index (χ0v) is 32.4. The van der Waals surface area contributed by atoms with Crippen LogP contribution < -0.4 is 37.5 Å². The molecule has 4 heterocycles. The second-order valence-corrected chi connectivity index (χ2v) is 15.0. The molecule has 5 aromatic rings. The van der Waals surface area contributed by atoms with Crippen LogP contribution in [0.1, 0.15) is 60.0 Å². The second-order valence-electron chi connectivity index (χ2n) is 14.0. The Labute approximate surface area is 333 Å². The molecule has 0 saturated heterocycles. The summed E-state index contributed by atoms with van der Waals surface area (Å²) in [5.74, 6) is -2.01. The molecule has 4 amide bonds. The number of nitrogens with one attached hydrogen (secondary N) is 5. The summed E-state index contributed by atoms with van der Waals surface area (Å²) in [6, 6.07) is 18.0. The molecule has 9 N–H and O–H groups in total. The molecule has 7 rings (SSSR count). The zero-order chi connectivity index (χ0) is 40.3. The van der Waals surface area contributed by atoms with Gasteiger partial charge < -0.3 is 42.5 Å². The highest BCUT2D eigenvalue weighted by molar-refractivity contribution is 7.20. The number of fused-ring (bicyclic) bond motifs is 16. The van der Waals surface area contributed by atoms with Crippen LogP contribution in [0.25, 0.3) is 21.1 Å². The fraction of sp³-hybridized carbons (Fsp3) is 0.341. The summed E-state index contributed by atoms with van der Waals surface area (Å²) in [4.78, 5) is 80.7. The van der Waals surface area contributed by atoms with Crippen LogP contribution in [0.5, 0.6) is 5.75 Å². The molecule has 0 radical (unpaired) electrons. The van der Waals surface area contributed by atoms with Crippen molar-refractivity contribution in [1.29, 1.82) is 0 Å². The first kappa shape index (κ1) is 40.4. The largest absolute Gasteiger partial charge is 0.494 e. The van der Waals surface area contributed by atoms with Crippen molar-refractivity contribution in [2.75, 3.05) is 13.2 Å². The Kier molecular flexibility index (Phi) is 13.5. The molecule has 0 spiro atoms. The third kappa shape index (κ3) is 10.9. The van der Waals surface area contributed by atoms with Crippen molar-refractivity contribution in [2.45, 2.75) is 76.0 Å². The first-order valence-electron chi connectivity index (χ1n) is 18.9. The molecule has 4 atom stereocenters. The molecule has 0 unspecified atom stereocenters. The lowest BCUT2D eigenvalue weighted by molar-refractivity contribution is -0.133. The van der Waals surface area contributed by atoms with Gasteiger partial charge in [-0.15, -0.1) is 11.3 Å². The Morgan fingerprint density at radius 2 is 1.75 bits per heavy atom. The molecular weight excluding hydrogens is 747 g/mol. The minimum absolute atomic E-state index is 0.0781. The summed E-state index contributed by atoms with van der Waals surface area (Å²) in [6.07, 6.45) is 3.86. The van der Waals surface area contributed by atoms with E-state index in [4.69, 9.17) is 16.2 Å². The van der Waals surface area contributed by atoms with E-state index < -0.39 is 47.8 Å². The molecule has 298 valence electrons. The molecular formula is C41H47N9O6S. The Bertz CT molecular complexity index is 2210. The molecule has 0 aliphatic carbocycles. The van der Waals surface area contributed by atoms with Crippen LogP contribution in [0.2, 0.25) is 0 Å². The van der Waals surface area contributed by atoms with Crippen molar-refractivity contribution < 1.29 is 28.7 Å². The number of amides is 4. The molecule has 2 bridgehead atoms. The number of nitrogens with two attached hydrogens (primary N) is 2. The van der Waals surface area contributed by atoms with Gasteiger partial charge in [-0.05, 0) is 73.6 Å². The number of ether oxygens (including phenoxy) is 1. The van der Waals surface area contributed by atoms with Gasteiger partial charge in [0.15, 0.2) is 11.0 Å². The number of thiazole rings is 1. The van der Waals surface area contributed by atoms with Gasteiger partial charge in [-0.3, -0.25) is 29.0 Å². The summed E-state index contributed by atoms with van der Waals surface area (Å²) in [6.45, 7) is 1.91. The molecule has 0 saturated carbocycles. The first-order chi connectivity index (χ1) is 27.5. The Hall–Kier alpha value is -6.29. The summed E-state index contributed by atoms with van der Waals surface area (Å²) in [5, 5.41) is 12.5. The Balaban J connectivity index is 1.29. The van der Waals surface area contributed by atoms with Crippen molar-refractivity contribution in [2.24, 2.45) is 16.5 Å². The van der Waals surface area contributed by atoms with E-state index in [-0.39, 0.29) is 49.0 Å². The summed E-state index contributed by atoms with van der Waals surface area (Å²) in [7, 11) is 0. The highest BCUT2D eigenvalue weighted by Gasteiger charge is 2.33. The number of benzene rings is 3. The van der Waals surface area contributed by atoms with Crippen molar-refractivity contribution in [1.82, 2.24) is 31.2 Å². The van der Waals surface area contributed by atoms with Gasteiger partial charge in [-0.25, -0.2) is 4.98 Å². The number of hydrogen-bond donors (Lipinski definition) is 7. The van der Waals surface area contributed by atoms with Gasteiger partial charge in [0.2, 0.25) is 29.4 Å². The standard InChI is InChI=1S/C41H47N9O6S/c1-24(51)46-33-21-25-15-17-27(18-16-25)56-20-7-6-12-32(48-39(55)34(49-38(33)54)22-26-23-45-29-10-3-2-9-28(26)29)37(53)47-31(13-8-19-44-41(42)43)36(52)40-50-30-11-4-5-14-35(30)57-40/h2-5,9-11,14-18,23,31-34,45H,6-8,12-13,19-22H2,1H3,(H,46,51)(H,47,53)(H,48,55)(H,49,54)(H4,42,43,44)/t31-,32-,33-,34+/m0/s1. The van der Waals surface area contributed by atoms with E-state index in [2.05, 4.69) is 36.2 Å². The van der Waals surface area contributed by atoms with Gasteiger partial charge in [-0.2, -0.15) is 0 Å². The highest BCUT2D eigenvalue weighted by Crippen LogP contribution is 2.24. The SMILES string of the molecule is CC(=O)N[C@H]1Cc2ccc(cc2)OCCCC[C@@H](C(=O)N[C@@H](CCCN=C(N)N)C(=O)c2nc3ccccc3s2)NC(=O)[C@@H](Cc2c[nH]c3ccccc23)NC1=O. The molecule has 2 aliphatic heterocycles. The van der Waals surface area contributed by atoms with E-state index in [1.165, 1.54) is 18.3 Å². The number of ketones is 1. The first-order valence-corrected chi connectivity index (χ1v) is 19.8. The number of H-pyrrole nitrogens is 1. The molecule has 3 aromatic carbocycles. The lowest BCUT2D eigenvalue weighted by Gasteiger charge is -2.26. The second kappa shape index (κ2) is 19.0. The van der Waals surface area contributed by atoms with Crippen LogP contribution >= 0.6 is 11.3 Å². The van der Waals surface area contributed by atoms with E-state index >= 15 is 0 Å². The van der Waals surface area contributed by atoms with Gasteiger partial charge in [-0.1, -0.05) is 42.5 Å². The van der Waals surface area contributed by atoms with Crippen LogP contribution in [0.15, 0.2) is 84.0 Å². The Morgan fingerprint density at radius 1 is 0.982 bits per heavy atom. The summed E-state index contributed by atoms with van der Waals surface area (Å²) >= 11 is 1.23. The lowest BCUT2D eigenvalue weighted by atomic mass is 10.0. The predicted octanol–water partition coefficient (Wildman–Crippen LogP) is 3.02. The molecule has 15 nitrogen and oxygen atoms in total. The topological polar surface area (TPSA) is 236 Å². The van der Waals surface area contributed by atoms with E-state index in [1.807, 2.05) is 60.7 Å². The quantitative estimate of drug-likeness (QED) is 0.0450. The molecule has 0 fully saturated rings. The van der Waals surface area contributed by atoms with Crippen LogP contribution in [0.3, 0.4) is 0 Å². The van der Waals surface area contributed by atoms with Gasteiger partial charge in [0.1, 0.15) is 23.9 Å². The lowest BCUT2D eigenvalue weighted by Crippen LogP contribution is -2.58. The molecule has 2 aromatic heterocycles. The van der Waals surface area contributed by atoms with Crippen LogP contribution in [-0.4, -0.2) is 82.7 Å². The number of para-hydroxylation sites is 2. The zero-order valence-electron chi connectivity index (χ0n) is 31.6. The smallest absolute Gasteiger partial charge is 0.243 e. The molecule has 2 aliphatic rings. The van der Waals surface area contributed by atoms with Crippen molar-refractivity contribution >= 4 is 67.8 Å². The fourth-order valence-electron chi connectivity index (χ4n) is 6.77. The number of hydrogen-bond acceptors (Lipinski definition) is 9. The van der Waals surface area contributed by atoms with Crippen molar-refractivity contribution in [3.63, 3.8) is 0 Å². The third-order valence-corrected chi connectivity index (χ3v) is 10.7. The predicted molar refractivity (Wildman–Crippen MR) is 219 cm³/mol. The summed E-state index contributed by atoms with van der Waals surface area (Å²) in [5.41, 5.74) is 14.1. The number of nitrogens with zero attached hydrogens (tertiary/aromatic N) is 2. The number of aliphatic imine (C=N–C) groups is 1. The van der Waals surface area contributed by atoms with Crippen molar-refractivity contribution in [3.8, 4) is 5.75 Å². The Morgan fingerprint density at radius 3 is 2.53 bits per heavy atom. The number of carbonyl (C=O) groups is 5. The van der Waals surface area contributed by atoms with Gasteiger partial charge in [0.05, 0.1) is 22.9 Å². The minimum Gasteiger partial charge on any atom is -0.494 e. The number of guanidine groups is 1. The number of aromatic nitrogens is 2. The average Bonchev–Trinajstić information content (AvgIpc) is 3.82. The maximum Gasteiger partial charge on any atom is 0.243 e. The number of Topliss-reactive ketones (excluding diaryl/α,β-unsaturated/α-hetero) is 1. The number of aromatic amines is 1. The van der Waals surface area contributed by atoms with Gasteiger partial charge >= 0.3 is 0 Å². The van der Waals surface area contributed by atoms with Crippen LogP contribution in [0.4, 0.5) is 0 Å².